The summed E-state index contributed by atoms with van der Waals surface area (Å²) in [6.45, 7) is 7.96. The minimum absolute atomic E-state index is 0.158. The van der Waals surface area contributed by atoms with Gasteiger partial charge in [0.05, 0.1) is 5.57 Å². The molecule has 1 heterocycles. The third-order valence-electron chi connectivity index (χ3n) is 2.03. The summed E-state index contributed by atoms with van der Waals surface area (Å²) in [4.78, 5) is 30.1. The number of halogens is 2. The van der Waals surface area contributed by atoms with Crippen LogP contribution < -0.4 is 0 Å². The normalized spacial score (nSPS) is 25.4. The van der Waals surface area contributed by atoms with Gasteiger partial charge in [0, 0.05) is 6.08 Å². The van der Waals surface area contributed by atoms with Gasteiger partial charge in [-0.05, 0) is 6.92 Å². The molecule has 0 aromatic rings. The predicted octanol–water partition coefficient (Wildman–Crippen LogP) is 1.65. The second-order valence-electron chi connectivity index (χ2n) is 3.11. The van der Waals surface area contributed by atoms with Crippen molar-refractivity contribution in [2.24, 2.45) is 0 Å². The highest BCUT2D eigenvalue weighted by Crippen LogP contribution is 2.58. The third kappa shape index (κ3) is 2.21. The topological polar surface area (TPSA) is 65.1 Å². The molecule has 0 spiro atoms. The molecule has 1 aliphatic rings. The fourth-order valence-corrected chi connectivity index (χ4v) is 1.36. The van der Waals surface area contributed by atoms with E-state index in [0.717, 1.165) is 6.08 Å². The van der Waals surface area contributed by atoms with Gasteiger partial charge in [-0.25, -0.2) is 19.4 Å². The maximum absolute atomic E-state index is 11.3. The van der Waals surface area contributed by atoms with E-state index in [2.05, 4.69) is 22.9 Å². The van der Waals surface area contributed by atoms with E-state index in [-0.39, 0.29) is 5.57 Å². The monoisotopic (exact) mass is 266 g/mol. The minimum Gasteiger partial charge on any atom is -0.327 e. The van der Waals surface area contributed by atoms with Crippen LogP contribution in [-0.2, 0) is 24.1 Å². The van der Waals surface area contributed by atoms with Gasteiger partial charge < -0.3 is 4.74 Å². The molecule has 0 amide bonds. The molecule has 0 aliphatic carbocycles. The summed E-state index contributed by atoms with van der Waals surface area (Å²) < 4.78 is 3.36. The van der Waals surface area contributed by atoms with Crippen molar-refractivity contribution < 1.29 is 24.1 Å². The summed E-state index contributed by atoms with van der Waals surface area (Å²) in [5.74, 6) is -1.91. The van der Waals surface area contributed by atoms with Gasteiger partial charge >= 0.3 is 11.9 Å². The van der Waals surface area contributed by atoms with E-state index in [0.29, 0.717) is 0 Å². The van der Waals surface area contributed by atoms with Gasteiger partial charge in [0.1, 0.15) is 0 Å². The molecule has 5 nitrogen and oxygen atoms in total. The van der Waals surface area contributed by atoms with Gasteiger partial charge in [-0.3, -0.25) is 0 Å². The standard InChI is InChI=1S/C9H8Cl2O5/c1-4-6(12)14-15-7(13)5(2)8(3)9(10,11)16-8/h4H,1-2H2,3H3. The molecule has 1 fully saturated rings. The Bertz CT molecular complexity index is 376. The summed E-state index contributed by atoms with van der Waals surface area (Å²) in [6.07, 6.45) is 0.832. The van der Waals surface area contributed by atoms with Crippen LogP contribution in [-0.4, -0.2) is 22.1 Å². The highest BCUT2D eigenvalue weighted by atomic mass is 35.5. The molecule has 1 unspecified atom stereocenters. The Balaban J connectivity index is 2.54. The Morgan fingerprint density at radius 3 is 2.25 bits per heavy atom. The molecule has 1 rings (SSSR count). The minimum atomic E-state index is -1.52. The van der Waals surface area contributed by atoms with Crippen molar-refractivity contribution in [3.63, 3.8) is 0 Å². The molecular weight excluding hydrogens is 259 g/mol. The van der Waals surface area contributed by atoms with E-state index in [4.69, 9.17) is 27.9 Å². The fraction of sp³-hybridized carbons (Fsp3) is 0.333. The number of hydrogen-bond donors (Lipinski definition) is 0. The zero-order chi connectivity index (χ0) is 12.6. The van der Waals surface area contributed by atoms with E-state index < -0.39 is 22.1 Å². The van der Waals surface area contributed by atoms with E-state index in [1.807, 2.05) is 0 Å². The van der Waals surface area contributed by atoms with Gasteiger partial charge in [0.2, 0.25) is 0 Å². The Morgan fingerprint density at radius 2 is 1.88 bits per heavy atom. The van der Waals surface area contributed by atoms with Crippen LogP contribution >= 0.6 is 23.2 Å². The quantitative estimate of drug-likeness (QED) is 0.256. The highest BCUT2D eigenvalue weighted by molar-refractivity contribution is 6.50. The summed E-state index contributed by atoms with van der Waals surface area (Å²) in [7, 11) is 0. The van der Waals surface area contributed by atoms with Crippen LogP contribution in [0, 0.1) is 0 Å². The average Bonchev–Trinajstić information content (AvgIpc) is 2.74. The van der Waals surface area contributed by atoms with Crippen LogP contribution in [0.4, 0.5) is 0 Å². The lowest BCUT2D eigenvalue weighted by atomic mass is 10.0. The molecule has 0 aromatic carbocycles. The lowest BCUT2D eigenvalue weighted by molar-refractivity contribution is -0.251. The number of rotatable bonds is 3. The molecule has 0 bridgehead atoms. The SMILES string of the molecule is C=CC(=O)OOC(=O)C(=C)C1(C)OC1(Cl)Cl. The maximum atomic E-state index is 11.3. The summed E-state index contributed by atoms with van der Waals surface area (Å²) in [5.41, 5.74) is -1.40. The summed E-state index contributed by atoms with van der Waals surface area (Å²) in [5, 5.41) is 0. The second kappa shape index (κ2) is 4.08. The van der Waals surface area contributed by atoms with Gasteiger partial charge in [-0.15, -0.1) is 0 Å². The van der Waals surface area contributed by atoms with E-state index >= 15 is 0 Å². The molecule has 1 saturated heterocycles. The molecule has 0 aromatic heterocycles. The molecule has 1 aliphatic heterocycles. The first kappa shape index (κ1) is 13.0. The number of hydrogen-bond acceptors (Lipinski definition) is 5. The van der Waals surface area contributed by atoms with Crippen molar-refractivity contribution in [1.29, 1.82) is 0 Å². The summed E-state index contributed by atoms with van der Waals surface area (Å²) >= 11 is 11.3. The Morgan fingerprint density at radius 1 is 1.38 bits per heavy atom. The zero-order valence-corrected chi connectivity index (χ0v) is 9.80. The first-order valence-electron chi connectivity index (χ1n) is 4.07. The molecule has 88 valence electrons. The van der Waals surface area contributed by atoms with Crippen molar-refractivity contribution in [2.45, 2.75) is 17.0 Å². The molecule has 0 N–H and O–H groups in total. The van der Waals surface area contributed by atoms with Crippen LogP contribution in [0.2, 0.25) is 0 Å². The Labute approximate surface area is 101 Å². The molecule has 16 heavy (non-hydrogen) atoms. The predicted molar refractivity (Wildman–Crippen MR) is 55.4 cm³/mol. The van der Waals surface area contributed by atoms with Crippen molar-refractivity contribution in [1.82, 2.24) is 0 Å². The molecule has 0 saturated carbocycles. The molecule has 1 atom stereocenters. The number of carbonyl (C=O) groups excluding carboxylic acids is 2. The Hall–Kier alpha value is -1.04. The van der Waals surface area contributed by atoms with Gasteiger partial charge in [0.15, 0.2) is 5.60 Å². The lowest BCUT2D eigenvalue weighted by Crippen LogP contribution is -2.24. The van der Waals surface area contributed by atoms with Crippen LogP contribution in [0.1, 0.15) is 6.92 Å². The average molecular weight is 267 g/mol. The molecule has 7 heteroatoms. The first-order chi connectivity index (χ1) is 7.24. The number of alkyl halides is 2. The number of epoxide rings is 1. The molecular formula is C9H8Cl2O5. The van der Waals surface area contributed by atoms with Crippen molar-refractivity contribution >= 4 is 35.1 Å². The van der Waals surface area contributed by atoms with E-state index in [1.54, 1.807) is 0 Å². The smallest absolute Gasteiger partial charge is 0.327 e. The van der Waals surface area contributed by atoms with Crippen LogP contribution in [0.25, 0.3) is 0 Å². The third-order valence-corrected chi connectivity index (χ3v) is 2.91. The van der Waals surface area contributed by atoms with Crippen LogP contribution in [0.15, 0.2) is 24.8 Å². The first-order valence-corrected chi connectivity index (χ1v) is 4.83. The van der Waals surface area contributed by atoms with Gasteiger partial charge in [-0.2, -0.15) is 0 Å². The van der Waals surface area contributed by atoms with Crippen LogP contribution in [0.5, 0.6) is 0 Å². The number of ether oxygens (including phenoxy) is 1. The van der Waals surface area contributed by atoms with Gasteiger partial charge in [0.25, 0.3) is 4.52 Å². The van der Waals surface area contributed by atoms with Crippen molar-refractivity contribution in [2.75, 3.05) is 0 Å². The largest absolute Gasteiger partial charge is 0.384 e. The zero-order valence-electron chi connectivity index (χ0n) is 8.29. The second-order valence-corrected chi connectivity index (χ2v) is 4.37. The van der Waals surface area contributed by atoms with Gasteiger partial charge in [-0.1, -0.05) is 36.4 Å². The van der Waals surface area contributed by atoms with Crippen molar-refractivity contribution in [3.8, 4) is 0 Å². The van der Waals surface area contributed by atoms with E-state index in [1.165, 1.54) is 6.92 Å². The highest BCUT2D eigenvalue weighted by Gasteiger charge is 2.69. The maximum Gasteiger partial charge on any atom is 0.384 e. The summed E-state index contributed by atoms with van der Waals surface area (Å²) in [6, 6.07) is 0. The van der Waals surface area contributed by atoms with Crippen LogP contribution in [0.3, 0.4) is 0 Å². The Kier molecular flexibility index (Phi) is 3.33. The number of carbonyl (C=O) groups is 2. The fourth-order valence-electron chi connectivity index (χ4n) is 0.826. The van der Waals surface area contributed by atoms with E-state index in [9.17, 15) is 9.59 Å². The lowest BCUT2D eigenvalue weighted by Gasteiger charge is -2.08. The van der Waals surface area contributed by atoms with Crippen molar-refractivity contribution in [3.05, 3.63) is 24.8 Å². The molecule has 0 radical (unpaired) electrons.